The number of rotatable bonds is 14. The Bertz CT molecular complexity index is 703. The van der Waals surface area contributed by atoms with E-state index in [0.717, 1.165) is 43.9 Å². The van der Waals surface area contributed by atoms with E-state index in [1.807, 2.05) is 0 Å². The van der Waals surface area contributed by atoms with Crippen molar-refractivity contribution in [1.29, 1.82) is 0 Å². The number of nitrogens with zero attached hydrogens (tertiary/aromatic N) is 2. The number of aliphatic imine (C=N–C) groups is 2. The standard InChI is InChI=1S/C8H12N2O2.C5H12O4.3C3H4O2.CH3NO2.H3N/c11-7-9-5-3-1-2-4-6-10-8-12;6-1-5(2-7,3-8)4-9;3*1-2-3(4)5;2-1(3)4;/h1-6H2;6-9H,1-4H2;3*2H,1H2,(H,4,5);2H2,(H,3,4);1H3. The highest BCUT2D eigenvalue weighted by Crippen LogP contribution is 2.11. The third kappa shape index (κ3) is 78.7. The lowest BCUT2D eigenvalue weighted by Crippen LogP contribution is -2.37. The molecule has 0 bridgehead atoms. The molecule has 0 aromatic carbocycles. The number of hydrogen-bond acceptors (Lipinski definition) is 13. The number of aliphatic carboxylic acids is 3. The predicted octanol–water partition coefficient (Wildman–Crippen LogP) is -0.283. The molecule has 0 atom stereocenters. The summed E-state index contributed by atoms with van der Waals surface area (Å²) in [6.45, 7) is 8.37. The third-order valence-corrected chi connectivity index (χ3v) is 3.28. The number of aliphatic hydroxyl groups excluding tert-OH is 4. The Morgan fingerprint density at radius 2 is 0.829 bits per heavy atom. The zero-order valence-corrected chi connectivity index (χ0v) is 22.6. The quantitative estimate of drug-likeness (QED) is 0.0531. The molecule has 0 aliphatic heterocycles. The Hall–Kier alpha value is -4.54. The van der Waals surface area contributed by atoms with Gasteiger partial charge in [0.2, 0.25) is 12.2 Å². The van der Waals surface area contributed by atoms with Crippen LogP contribution < -0.4 is 11.9 Å². The summed E-state index contributed by atoms with van der Waals surface area (Å²) in [6.07, 6.45) is 7.97. The van der Waals surface area contributed by atoms with Gasteiger partial charge < -0.3 is 52.7 Å². The van der Waals surface area contributed by atoms with Crippen LogP contribution in [0.5, 0.6) is 0 Å². The predicted molar refractivity (Wildman–Crippen MR) is 146 cm³/mol. The van der Waals surface area contributed by atoms with E-state index in [1.165, 1.54) is 12.2 Å². The highest BCUT2D eigenvalue weighted by Gasteiger charge is 2.26. The van der Waals surface area contributed by atoms with Gasteiger partial charge in [-0.05, 0) is 12.8 Å². The molecule has 0 saturated carbocycles. The summed E-state index contributed by atoms with van der Waals surface area (Å²) in [4.78, 5) is 62.6. The number of primary amides is 1. The van der Waals surface area contributed by atoms with E-state index in [4.69, 9.17) is 45.6 Å². The fraction of sp³-hybridized carbons (Fsp3) is 0.478. The molecule has 238 valence electrons. The zero-order chi connectivity index (χ0) is 32.8. The smallest absolute Gasteiger partial charge is 0.402 e. The van der Waals surface area contributed by atoms with Crippen molar-refractivity contribution in [2.24, 2.45) is 21.1 Å². The molecule has 0 aromatic rings. The van der Waals surface area contributed by atoms with Gasteiger partial charge in [0.15, 0.2) is 0 Å². The molecule has 0 heterocycles. The van der Waals surface area contributed by atoms with Gasteiger partial charge in [-0.25, -0.2) is 38.8 Å². The minimum absolute atomic E-state index is 0. The molecule has 13 N–H and O–H groups in total. The van der Waals surface area contributed by atoms with E-state index in [0.29, 0.717) is 13.1 Å². The molecule has 0 saturated heterocycles. The van der Waals surface area contributed by atoms with Crippen LogP contribution in [0.2, 0.25) is 0 Å². The van der Waals surface area contributed by atoms with Crippen LogP contribution in [0.15, 0.2) is 47.9 Å². The Balaban J connectivity index is -0.0000000710. The molecule has 0 rings (SSSR count). The second-order valence-electron chi connectivity index (χ2n) is 6.46. The van der Waals surface area contributed by atoms with Gasteiger partial charge in [0.05, 0.1) is 44.9 Å². The maximum atomic E-state index is 9.63. The Morgan fingerprint density at radius 3 is 0.927 bits per heavy atom. The molecular formula is C23H42N4O14. The van der Waals surface area contributed by atoms with Crippen molar-refractivity contribution >= 4 is 36.2 Å². The normalized spacial score (nSPS) is 8.00. The van der Waals surface area contributed by atoms with Gasteiger partial charge >= 0.3 is 24.0 Å². The highest BCUT2D eigenvalue weighted by molar-refractivity contribution is 5.79. The van der Waals surface area contributed by atoms with Gasteiger partial charge in [-0.15, -0.1) is 0 Å². The van der Waals surface area contributed by atoms with Crippen LogP contribution in [0.3, 0.4) is 0 Å². The summed E-state index contributed by atoms with van der Waals surface area (Å²) < 4.78 is 0. The van der Waals surface area contributed by atoms with Crippen molar-refractivity contribution in [2.75, 3.05) is 39.5 Å². The first-order valence-electron chi connectivity index (χ1n) is 10.8. The maximum Gasteiger partial charge on any atom is 0.402 e. The van der Waals surface area contributed by atoms with Crippen molar-refractivity contribution in [1.82, 2.24) is 6.15 Å². The zero-order valence-electron chi connectivity index (χ0n) is 22.6. The monoisotopic (exact) mass is 598 g/mol. The molecule has 41 heavy (non-hydrogen) atoms. The van der Waals surface area contributed by atoms with Gasteiger partial charge in [-0.3, -0.25) is 0 Å². The average Bonchev–Trinajstić information content (AvgIpc) is 2.93. The van der Waals surface area contributed by atoms with Crippen LogP contribution in [-0.2, 0) is 24.0 Å². The number of amides is 1. The molecule has 18 nitrogen and oxygen atoms in total. The van der Waals surface area contributed by atoms with Crippen LogP contribution in [0.1, 0.15) is 25.7 Å². The molecular weight excluding hydrogens is 556 g/mol. The van der Waals surface area contributed by atoms with Gasteiger partial charge in [-0.2, -0.15) is 0 Å². The number of aliphatic hydroxyl groups is 4. The topological polar surface area (TPSA) is 350 Å². The number of carboxylic acids is 3. The maximum absolute atomic E-state index is 9.63. The Morgan fingerprint density at radius 1 is 0.634 bits per heavy atom. The molecule has 0 unspecified atom stereocenters. The minimum Gasteiger partial charge on any atom is -0.478 e. The second-order valence-corrected chi connectivity index (χ2v) is 6.46. The van der Waals surface area contributed by atoms with E-state index < -0.39 is 55.8 Å². The van der Waals surface area contributed by atoms with Gasteiger partial charge in [0.25, 0.3) is 0 Å². The summed E-state index contributed by atoms with van der Waals surface area (Å²) >= 11 is 0. The fourth-order valence-electron chi connectivity index (χ4n) is 1.13. The van der Waals surface area contributed by atoms with Crippen LogP contribution in [0, 0.1) is 5.41 Å². The number of carboxylic acid groups (broad SMARTS) is 4. The van der Waals surface area contributed by atoms with E-state index in [-0.39, 0.29) is 6.15 Å². The van der Waals surface area contributed by atoms with E-state index in [9.17, 15) is 24.0 Å². The van der Waals surface area contributed by atoms with Gasteiger partial charge in [0, 0.05) is 18.2 Å². The number of unbranched alkanes of at least 4 members (excludes halogenated alkanes) is 3. The van der Waals surface area contributed by atoms with Crippen LogP contribution in [-0.4, -0.2) is 117 Å². The first-order chi connectivity index (χ1) is 18.7. The number of isocyanates is 2. The fourth-order valence-corrected chi connectivity index (χ4v) is 1.13. The highest BCUT2D eigenvalue weighted by atomic mass is 16.4. The minimum atomic E-state index is -1.33. The first kappa shape index (κ1) is 52.8. The van der Waals surface area contributed by atoms with Crippen molar-refractivity contribution in [3.63, 3.8) is 0 Å². The van der Waals surface area contributed by atoms with Crippen LogP contribution in [0.25, 0.3) is 0 Å². The number of carbonyl (C=O) groups is 4. The Labute approximate surface area is 236 Å². The molecule has 18 heteroatoms. The summed E-state index contributed by atoms with van der Waals surface area (Å²) in [7, 11) is 0. The largest absolute Gasteiger partial charge is 0.478 e. The lowest BCUT2D eigenvalue weighted by Gasteiger charge is -2.23. The molecule has 0 aliphatic carbocycles. The van der Waals surface area contributed by atoms with Crippen molar-refractivity contribution in [3.05, 3.63) is 38.0 Å². The summed E-state index contributed by atoms with van der Waals surface area (Å²) in [5, 5.41) is 64.0. The third-order valence-electron chi connectivity index (χ3n) is 3.28. The average molecular weight is 599 g/mol. The second kappa shape index (κ2) is 45.4. The lowest BCUT2D eigenvalue weighted by molar-refractivity contribution is -0.132. The SMILES string of the molecule is C=CC(=O)O.C=CC(=O)O.C=CC(=O)O.N.NC(=O)O.O=C=NCCCCCCN=C=O.OCC(CO)(CO)CO. The van der Waals surface area contributed by atoms with E-state index >= 15 is 0 Å². The first-order valence-corrected chi connectivity index (χ1v) is 10.8. The molecule has 0 aliphatic rings. The number of hydrogen-bond donors (Lipinski definition) is 10. The van der Waals surface area contributed by atoms with Gasteiger partial charge in [-0.1, -0.05) is 32.6 Å². The van der Waals surface area contributed by atoms with Crippen LogP contribution in [0.4, 0.5) is 4.79 Å². The summed E-state index contributed by atoms with van der Waals surface area (Å²) in [6, 6.07) is 0. The van der Waals surface area contributed by atoms with Crippen molar-refractivity contribution in [3.8, 4) is 0 Å². The van der Waals surface area contributed by atoms with E-state index in [2.05, 4.69) is 35.5 Å². The lowest BCUT2D eigenvalue weighted by atomic mass is 9.93. The summed E-state index contributed by atoms with van der Waals surface area (Å²) in [5.74, 6) is -2.94. The Kier molecular flexibility index (Phi) is 58.5. The van der Waals surface area contributed by atoms with E-state index in [1.54, 1.807) is 0 Å². The molecule has 1 amide bonds. The molecule has 0 radical (unpaired) electrons. The van der Waals surface area contributed by atoms with Gasteiger partial charge in [0.1, 0.15) is 0 Å². The van der Waals surface area contributed by atoms with Crippen molar-refractivity contribution < 1.29 is 69.6 Å². The molecule has 0 fully saturated rings. The number of carbonyl (C=O) groups excluding carboxylic acids is 2. The number of nitrogens with two attached hydrogens (primary N) is 1. The summed E-state index contributed by atoms with van der Waals surface area (Å²) in [5.41, 5.74) is 2.92. The molecule has 0 spiro atoms. The molecule has 0 aromatic heterocycles. The van der Waals surface area contributed by atoms with Crippen LogP contribution >= 0.6 is 0 Å². The van der Waals surface area contributed by atoms with Crippen molar-refractivity contribution in [2.45, 2.75) is 25.7 Å².